The lowest BCUT2D eigenvalue weighted by atomic mass is 9.92. The highest BCUT2D eigenvalue weighted by atomic mass is 16.5. The lowest BCUT2D eigenvalue weighted by molar-refractivity contribution is -0.149. The van der Waals surface area contributed by atoms with Crippen molar-refractivity contribution in [3.8, 4) is 5.75 Å². The van der Waals surface area contributed by atoms with Crippen LogP contribution < -0.4 is 10.1 Å². The third-order valence-corrected chi connectivity index (χ3v) is 8.58. The molecule has 0 spiro atoms. The molecule has 0 radical (unpaired) electrons. The number of amides is 3. The first-order valence-corrected chi connectivity index (χ1v) is 15.1. The first-order chi connectivity index (χ1) is 20.8. The molecule has 2 aliphatic heterocycles. The predicted molar refractivity (Wildman–Crippen MR) is 166 cm³/mol. The number of rotatable bonds is 9. The second-order valence-corrected chi connectivity index (χ2v) is 11.6. The van der Waals surface area contributed by atoms with Crippen LogP contribution in [-0.2, 0) is 33.8 Å². The van der Waals surface area contributed by atoms with Crippen LogP contribution >= 0.6 is 0 Å². The van der Waals surface area contributed by atoms with Gasteiger partial charge >= 0.3 is 12.0 Å². The van der Waals surface area contributed by atoms with Crippen LogP contribution in [0.2, 0.25) is 0 Å². The molecule has 226 valence electrons. The van der Waals surface area contributed by atoms with Gasteiger partial charge in [0.25, 0.3) is 0 Å². The molecule has 2 heterocycles. The van der Waals surface area contributed by atoms with Crippen molar-refractivity contribution in [2.45, 2.75) is 58.6 Å². The third kappa shape index (κ3) is 7.37. The maximum absolute atomic E-state index is 13.4. The predicted octanol–water partition coefficient (Wildman–Crippen LogP) is 5.69. The van der Waals surface area contributed by atoms with Crippen LogP contribution in [-0.4, -0.2) is 60.5 Å². The number of aryl methyl sites for hydroxylation is 2. The van der Waals surface area contributed by atoms with E-state index in [0.29, 0.717) is 45.5 Å². The highest BCUT2D eigenvalue weighted by Gasteiger charge is 2.33. The molecule has 8 heteroatoms. The first kappa shape index (κ1) is 30.1. The van der Waals surface area contributed by atoms with E-state index in [1.54, 1.807) is 0 Å². The van der Waals surface area contributed by atoms with Crippen molar-refractivity contribution in [1.82, 2.24) is 9.80 Å². The summed E-state index contributed by atoms with van der Waals surface area (Å²) in [7, 11) is 1.37. The molecule has 1 unspecified atom stereocenters. The Morgan fingerprint density at radius 3 is 2.30 bits per heavy atom. The Labute approximate surface area is 254 Å². The van der Waals surface area contributed by atoms with E-state index in [1.165, 1.54) is 7.11 Å². The van der Waals surface area contributed by atoms with Crippen LogP contribution in [0.15, 0.2) is 66.7 Å². The minimum absolute atomic E-state index is 0.0576. The summed E-state index contributed by atoms with van der Waals surface area (Å²) in [6.07, 6.45) is 2.71. The summed E-state index contributed by atoms with van der Waals surface area (Å²) in [5.41, 5.74) is 6.05. The minimum Gasteiger partial charge on any atom is -0.488 e. The van der Waals surface area contributed by atoms with Gasteiger partial charge in [0.05, 0.1) is 13.0 Å². The standard InChI is InChI=1S/C35H41N3O5/c1-24-19-27(20-25(2)33(24)43-23-26-9-5-4-6-10-26)21-29(34(40)42-3)22-32(39)37-16-14-30(15-17-37)38-18-13-28-11-7-8-12-31(28)36-35(38)41/h4-12,19-20,29-30H,13-18,21-23H2,1-3H3,(H,36,41). The lowest BCUT2D eigenvalue weighted by Crippen LogP contribution is -2.50. The highest BCUT2D eigenvalue weighted by molar-refractivity contribution is 5.91. The normalized spacial score (nSPS) is 16.1. The number of likely N-dealkylation sites (tertiary alicyclic amines) is 1. The monoisotopic (exact) mass is 583 g/mol. The molecule has 5 rings (SSSR count). The van der Waals surface area contributed by atoms with Crippen molar-refractivity contribution < 1.29 is 23.9 Å². The number of para-hydroxylation sites is 1. The molecule has 0 aromatic heterocycles. The Bertz CT molecular complexity index is 1430. The number of piperidine rings is 1. The van der Waals surface area contributed by atoms with Gasteiger partial charge in [0.2, 0.25) is 5.91 Å². The van der Waals surface area contributed by atoms with Crippen LogP contribution in [0.3, 0.4) is 0 Å². The zero-order valence-corrected chi connectivity index (χ0v) is 25.3. The van der Waals surface area contributed by atoms with E-state index in [4.69, 9.17) is 9.47 Å². The van der Waals surface area contributed by atoms with E-state index < -0.39 is 5.92 Å². The number of esters is 1. The molecule has 1 saturated heterocycles. The van der Waals surface area contributed by atoms with Crippen LogP contribution in [0.25, 0.3) is 0 Å². The van der Waals surface area contributed by atoms with Crippen molar-refractivity contribution in [3.63, 3.8) is 0 Å². The summed E-state index contributed by atoms with van der Waals surface area (Å²) in [6, 6.07) is 22.0. The molecule has 2 aliphatic rings. The van der Waals surface area contributed by atoms with Crippen molar-refractivity contribution in [2.75, 3.05) is 32.1 Å². The number of carbonyl (C=O) groups is 3. The van der Waals surface area contributed by atoms with E-state index in [9.17, 15) is 14.4 Å². The van der Waals surface area contributed by atoms with Crippen LogP contribution in [0.5, 0.6) is 5.75 Å². The van der Waals surface area contributed by atoms with Crippen molar-refractivity contribution >= 4 is 23.6 Å². The van der Waals surface area contributed by atoms with Gasteiger partial charge in [-0.15, -0.1) is 0 Å². The SMILES string of the molecule is COC(=O)C(CC(=O)N1CCC(N2CCc3ccccc3NC2=O)CC1)Cc1cc(C)c(OCc2ccccc2)c(C)c1. The van der Waals surface area contributed by atoms with Gasteiger partial charge in [-0.05, 0) is 73.4 Å². The fourth-order valence-electron chi connectivity index (χ4n) is 6.31. The average molecular weight is 584 g/mol. The number of anilines is 1. The number of nitrogens with zero attached hydrogens (tertiary/aromatic N) is 2. The van der Waals surface area contributed by atoms with Gasteiger partial charge in [0.1, 0.15) is 12.4 Å². The number of carbonyl (C=O) groups excluding carboxylic acids is 3. The number of ether oxygens (including phenoxy) is 2. The lowest BCUT2D eigenvalue weighted by Gasteiger charge is -2.38. The van der Waals surface area contributed by atoms with E-state index in [0.717, 1.165) is 45.7 Å². The largest absolute Gasteiger partial charge is 0.488 e. The molecular formula is C35H41N3O5. The van der Waals surface area contributed by atoms with Gasteiger partial charge in [-0.1, -0.05) is 60.7 Å². The molecule has 0 aliphatic carbocycles. The number of hydrogen-bond acceptors (Lipinski definition) is 5. The van der Waals surface area contributed by atoms with Gasteiger partial charge in [-0.2, -0.15) is 0 Å². The summed E-state index contributed by atoms with van der Waals surface area (Å²) in [4.78, 5) is 42.9. The zero-order chi connectivity index (χ0) is 30.3. The molecule has 8 nitrogen and oxygen atoms in total. The van der Waals surface area contributed by atoms with Crippen molar-refractivity contribution in [2.24, 2.45) is 5.92 Å². The fraction of sp³-hybridized carbons (Fsp3) is 0.400. The van der Waals surface area contributed by atoms with Crippen LogP contribution in [0.1, 0.15) is 47.1 Å². The zero-order valence-electron chi connectivity index (χ0n) is 25.3. The van der Waals surface area contributed by atoms with Crippen molar-refractivity contribution in [3.05, 3.63) is 94.5 Å². The number of fused-ring (bicyclic) bond motifs is 1. The quantitative estimate of drug-likeness (QED) is 0.327. The van der Waals surface area contributed by atoms with E-state index >= 15 is 0 Å². The van der Waals surface area contributed by atoms with Gasteiger partial charge < -0.3 is 24.6 Å². The molecule has 3 aromatic rings. The summed E-state index contributed by atoms with van der Waals surface area (Å²) < 4.78 is 11.2. The minimum atomic E-state index is -0.583. The summed E-state index contributed by atoms with van der Waals surface area (Å²) >= 11 is 0. The van der Waals surface area contributed by atoms with E-state index in [1.807, 2.05) is 84.3 Å². The van der Waals surface area contributed by atoms with Gasteiger partial charge in [-0.3, -0.25) is 9.59 Å². The number of nitrogens with one attached hydrogen (secondary N) is 1. The summed E-state index contributed by atoms with van der Waals surface area (Å²) in [6.45, 7) is 6.25. The number of urea groups is 1. The van der Waals surface area contributed by atoms with Gasteiger partial charge in [0, 0.05) is 37.8 Å². The molecule has 0 bridgehead atoms. The topological polar surface area (TPSA) is 88.2 Å². The van der Waals surface area contributed by atoms with Gasteiger partial charge in [0.15, 0.2) is 0 Å². The second kappa shape index (κ2) is 13.8. The fourth-order valence-corrected chi connectivity index (χ4v) is 6.31. The molecule has 1 atom stereocenters. The molecular weight excluding hydrogens is 542 g/mol. The maximum atomic E-state index is 13.4. The molecule has 43 heavy (non-hydrogen) atoms. The molecule has 3 aromatic carbocycles. The summed E-state index contributed by atoms with van der Waals surface area (Å²) in [5.74, 6) is -0.190. The Morgan fingerprint density at radius 2 is 1.60 bits per heavy atom. The first-order valence-electron chi connectivity index (χ1n) is 15.1. The maximum Gasteiger partial charge on any atom is 0.322 e. The van der Waals surface area contributed by atoms with Crippen LogP contribution in [0.4, 0.5) is 10.5 Å². The number of methoxy groups -OCH3 is 1. The van der Waals surface area contributed by atoms with E-state index in [-0.39, 0.29) is 30.4 Å². The smallest absolute Gasteiger partial charge is 0.322 e. The molecule has 1 N–H and O–H groups in total. The van der Waals surface area contributed by atoms with Crippen molar-refractivity contribution in [1.29, 1.82) is 0 Å². The molecule has 0 saturated carbocycles. The second-order valence-electron chi connectivity index (χ2n) is 11.6. The Balaban J connectivity index is 1.17. The third-order valence-electron chi connectivity index (χ3n) is 8.58. The molecule has 1 fully saturated rings. The van der Waals surface area contributed by atoms with Crippen LogP contribution in [0, 0.1) is 19.8 Å². The highest BCUT2D eigenvalue weighted by Crippen LogP contribution is 2.29. The number of hydrogen-bond donors (Lipinski definition) is 1. The average Bonchev–Trinajstić information content (AvgIpc) is 3.18. The Kier molecular flexibility index (Phi) is 9.65. The van der Waals surface area contributed by atoms with E-state index in [2.05, 4.69) is 11.4 Å². The summed E-state index contributed by atoms with van der Waals surface area (Å²) in [5, 5.41) is 3.04. The Hall–Kier alpha value is -4.33. The number of benzene rings is 3. The molecule has 3 amide bonds. The van der Waals surface area contributed by atoms with Gasteiger partial charge in [-0.25, -0.2) is 4.79 Å². The Morgan fingerprint density at radius 1 is 0.930 bits per heavy atom.